The van der Waals surface area contributed by atoms with E-state index in [9.17, 15) is 18.0 Å². The van der Waals surface area contributed by atoms with Crippen LogP contribution >= 0.6 is 0 Å². The van der Waals surface area contributed by atoms with Gasteiger partial charge in [-0.15, -0.1) is 0 Å². The van der Waals surface area contributed by atoms with Crippen molar-refractivity contribution in [3.05, 3.63) is 65.2 Å². The Hall–Kier alpha value is -3.73. The zero-order valence-corrected chi connectivity index (χ0v) is 18.6. The highest BCUT2D eigenvalue weighted by molar-refractivity contribution is 6.10. The molecule has 1 aliphatic heterocycles. The van der Waals surface area contributed by atoms with E-state index in [4.69, 9.17) is 4.74 Å². The number of fused-ring (bicyclic) bond motifs is 1. The van der Waals surface area contributed by atoms with Gasteiger partial charge in [0.05, 0.1) is 29.1 Å². The summed E-state index contributed by atoms with van der Waals surface area (Å²) in [7, 11) is 1.66. The third-order valence-electron chi connectivity index (χ3n) is 6.20. The number of benzene rings is 1. The number of rotatable bonds is 5. The lowest BCUT2D eigenvalue weighted by Gasteiger charge is -2.32. The molecule has 0 spiro atoms. The molecule has 1 aliphatic rings. The molecular weight excluding hydrogens is 466 g/mol. The lowest BCUT2D eigenvalue weighted by Crippen LogP contribution is -2.37. The second kappa shape index (κ2) is 8.81. The summed E-state index contributed by atoms with van der Waals surface area (Å²) in [5.74, 6) is -0.913. The Labute approximate surface area is 197 Å². The van der Waals surface area contributed by atoms with Crippen LogP contribution < -0.4 is 4.90 Å². The molecular formula is C24H21F4N5O2. The smallest absolute Gasteiger partial charge is 0.381 e. The lowest BCUT2D eigenvalue weighted by atomic mass is 9.99. The molecule has 4 heterocycles. The molecule has 7 nitrogen and oxygen atoms in total. The number of imidazole rings is 1. The molecule has 0 amide bonds. The molecule has 0 saturated carbocycles. The average molecular weight is 487 g/mol. The van der Waals surface area contributed by atoms with Gasteiger partial charge in [-0.25, -0.2) is 14.4 Å². The maximum Gasteiger partial charge on any atom is 0.417 e. The quantitative estimate of drug-likeness (QED) is 0.307. The summed E-state index contributed by atoms with van der Waals surface area (Å²) in [6.07, 6.45) is -0.205. The van der Waals surface area contributed by atoms with Crippen molar-refractivity contribution >= 4 is 22.6 Å². The van der Waals surface area contributed by atoms with E-state index in [1.807, 2.05) is 4.90 Å². The number of H-pyrrole nitrogens is 2. The Balaban J connectivity index is 1.43. The lowest BCUT2D eigenvalue weighted by molar-refractivity contribution is -0.137. The number of ketones is 1. The van der Waals surface area contributed by atoms with Crippen molar-refractivity contribution in [1.82, 2.24) is 19.9 Å². The highest BCUT2D eigenvalue weighted by Crippen LogP contribution is 2.33. The summed E-state index contributed by atoms with van der Waals surface area (Å²) in [4.78, 5) is 29.0. The van der Waals surface area contributed by atoms with Gasteiger partial charge in [0, 0.05) is 37.5 Å². The molecule has 3 aromatic heterocycles. The third kappa shape index (κ3) is 4.27. The van der Waals surface area contributed by atoms with Crippen LogP contribution in [0.25, 0.3) is 22.6 Å². The first kappa shape index (κ1) is 23.0. The van der Waals surface area contributed by atoms with Crippen LogP contribution in [0.2, 0.25) is 0 Å². The van der Waals surface area contributed by atoms with Gasteiger partial charge < -0.3 is 19.6 Å². The molecule has 2 N–H and O–H groups in total. The number of pyridine rings is 1. The minimum absolute atomic E-state index is 0.0254. The Bertz CT molecular complexity index is 1390. The molecule has 0 unspecified atom stereocenters. The molecule has 0 aliphatic carbocycles. The van der Waals surface area contributed by atoms with Crippen LogP contribution in [0.15, 0.2) is 42.7 Å². The topological polar surface area (TPSA) is 86.9 Å². The van der Waals surface area contributed by atoms with Gasteiger partial charge in [0.1, 0.15) is 5.52 Å². The Kier molecular flexibility index (Phi) is 5.79. The van der Waals surface area contributed by atoms with E-state index in [1.165, 1.54) is 30.6 Å². The maximum atomic E-state index is 15.3. The minimum atomic E-state index is -4.66. The fraction of sp³-hybridized carbons (Fsp3) is 0.292. The van der Waals surface area contributed by atoms with Crippen LogP contribution in [-0.4, -0.2) is 52.0 Å². The van der Waals surface area contributed by atoms with Crippen molar-refractivity contribution in [3.63, 3.8) is 0 Å². The largest absolute Gasteiger partial charge is 0.417 e. The number of hydrogen-bond acceptors (Lipinski definition) is 5. The van der Waals surface area contributed by atoms with Crippen LogP contribution in [-0.2, 0) is 10.9 Å². The summed E-state index contributed by atoms with van der Waals surface area (Å²) < 4.78 is 60.6. The number of halogens is 4. The number of carbonyl (C=O) groups excluding carboxylic acids is 1. The molecule has 1 fully saturated rings. The zero-order chi connectivity index (χ0) is 24.7. The first-order valence-corrected chi connectivity index (χ1v) is 11.0. The van der Waals surface area contributed by atoms with Crippen molar-refractivity contribution in [2.24, 2.45) is 0 Å². The van der Waals surface area contributed by atoms with E-state index in [0.717, 1.165) is 25.0 Å². The van der Waals surface area contributed by atoms with E-state index < -0.39 is 28.9 Å². The van der Waals surface area contributed by atoms with Crippen LogP contribution in [0.4, 0.5) is 23.4 Å². The number of nitrogens with zero attached hydrogens (tertiary/aromatic N) is 3. The number of hydrogen-bond donors (Lipinski definition) is 2. The minimum Gasteiger partial charge on any atom is -0.381 e. The fourth-order valence-electron chi connectivity index (χ4n) is 4.33. The Morgan fingerprint density at radius 3 is 2.66 bits per heavy atom. The van der Waals surface area contributed by atoms with Crippen LogP contribution in [0.3, 0.4) is 0 Å². The molecule has 5 rings (SSSR count). The number of ether oxygens (including phenoxy) is 1. The highest BCUT2D eigenvalue weighted by atomic mass is 19.4. The van der Waals surface area contributed by atoms with Crippen LogP contribution in [0, 0.1) is 5.82 Å². The van der Waals surface area contributed by atoms with Crippen molar-refractivity contribution in [3.8, 4) is 11.5 Å². The van der Waals surface area contributed by atoms with E-state index in [1.54, 1.807) is 7.11 Å². The van der Waals surface area contributed by atoms with Gasteiger partial charge in [-0.2, -0.15) is 13.2 Å². The Morgan fingerprint density at radius 2 is 1.94 bits per heavy atom. The number of alkyl halides is 3. The first-order chi connectivity index (χ1) is 16.8. The van der Waals surface area contributed by atoms with Gasteiger partial charge in [-0.1, -0.05) is 18.2 Å². The third-order valence-corrected chi connectivity index (χ3v) is 6.20. The predicted octanol–water partition coefficient (Wildman–Crippen LogP) is 4.96. The number of methoxy groups -OCH3 is 1. The summed E-state index contributed by atoms with van der Waals surface area (Å²) in [6.45, 7) is 1.21. The molecule has 35 heavy (non-hydrogen) atoms. The second-order valence-electron chi connectivity index (χ2n) is 8.34. The van der Waals surface area contributed by atoms with Gasteiger partial charge in [0.15, 0.2) is 23.2 Å². The monoisotopic (exact) mass is 487 g/mol. The summed E-state index contributed by atoms with van der Waals surface area (Å²) >= 11 is 0. The number of carbonyl (C=O) groups is 1. The number of nitrogens with one attached hydrogen (secondary N) is 2. The van der Waals surface area contributed by atoms with Gasteiger partial charge >= 0.3 is 6.18 Å². The normalized spacial score (nSPS) is 15.2. The number of anilines is 1. The van der Waals surface area contributed by atoms with Crippen molar-refractivity contribution < 1.29 is 27.1 Å². The van der Waals surface area contributed by atoms with Crippen molar-refractivity contribution in [1.29, 1.82) is 0 Å². The van der Waals surface area contributed by atoms with E-state index in [2.05, 4.69) is 19.9 Å². The SMILES string of the molecule is COC1CCN(c2ncc3[nH]c(-c4cc(C(=O)c5ccccc5C(F)(F)F)c[nH]4)nc3c2F)CC1. The van der Waals surface area contributed by atoms with Crippen LogP contribution in [0.5, 0.6) is 0 Å². The Morgan fingerprint density at radius 1 is 1.20 bits per heavy atom. The maximum absolute atomic E-state index is 15.3. The fourth-order valence-corrected chi connectivity index (χ4v) is 4.33. The van der Waals surface area contributed by atoms with Crippen LogP contribution in [0.1, 0.15) is 34.3 Å². The summed E-state index contributed by atoms with van der Waals surface area (Å²) in [5, 5.41) is 0. The highest BCUT2D eigenvalue weighted by Gasteiger charge is 2.35. The van der Waals surface area contributed by atoms with E-state index in [-0.39, 0.29) is 28.8 Å². The van der Waals surface area contributed by atoms with Gasteiger partial charge in [0.2, 0.25) is 0 Å². The molecule has 0 bridgehead atoms. The first-order valence-electron chi connectivity index (χ1n) is 11.0. The molecule has 1 saturated heterocycles. The molecule has 11 heteroatoms. The van der Waals surface area contributed by atoms with Gasteiger partial charge in [-0.05, 0) is 25.0 Å². The number of piperidine rings is 1. The van der Waals surface area contributed by atoms with Crippen molar-refractivity contribution in [2.45, 2.75) is 25.1 Å². The summed E-state index contributed by atoms with van der Waals surface area (Å²) in [6, 6.07) is 5.99. The van der Waals surface area contributed by atoms with E-state index >= 15 is 4.39 Å². The molecule has 182 valence electrons. The van der Waals surface area contributed by atoms with Gasteiger partial charge in [0.25, 0.3) is 0 Å². The molecule has 0 atom stereocenters. The van der Waals surface area contributed by atoms with E-state index in [0.29, 0.717) is 24.3 Å². The summed E-state index contributed by atoms with van der Waals surface area (Å²) in [5.41, 5.74) is -0.658. The predicted molar refractivity (Wildman–Crippen MR) is 121 cm³/mol. The molecule has 1 aromatic carbocycles. The molecule has 0 radical (unpaired) electrons. The average Bonchev–Trinajstić information content (AvgIpc) is 3.51. The standard InChI is InChI=1S/C24H21F4N5O2/c1-35-14-6-8-33(9-7-14)23-19(25)20-18(12-30-23)31-22(32-20)17-10-13(11-29-17)21(34)15-4-2-3-5-16(15)24(26,27)28/h2-5,10-12,14,29H,6-9H2,1H3,(H,31,32). The number of aromatic nitrogens is 4. The van der Waals surface area contributed by atoms with Gasteiger partial charge in [-0.3, -0.25) is 4.79 Å². The number of aromatic amines is 2. The zero-order valence-electron chi connectivity index (χ0n) is 18.6. The molecule has 4 aromatic rings. The van der Waals surface area contributed by atoms with Crippen molar-refractivity contribution in [2.75, 3.05) is 25.1 Å². The second-order valence-corrected chi connectivity index (χ2v) is 8.34.